The van der Waals surface area contributed by atoms with Crippen LogP contribution in [0.2, 0.25) is 4.34 Å². The van der Waals surface area contributed by atoms with E-state index in [0.717, 1.165) is 20.8 Å². The normalized spacial score (nSPS) is 12.5. The molecule has 0 aliphatic heterocycles. The molecule has 3 aromatic rings. The van der Waals surface area contributed by atoms with E-state index in [4.69, 9.17) is 16.6 Å². The van der Waals surface area contributed by atoms with Gasteiger partial charge in [-0.25, -0.2) is 13.4 Å². The first-order valence-electron chi connectivity index (χ1n) is 9.17. The Labute approximate surface area is 179 Å². The van der Waals surface area contributed by atoms with Crippen LogP contribution in [0.5, 0.6) is 0 Å². The molecule has 0 spiro atoms. The summed E-state index contributed by atoms with van der Waals surface area (Å²) in [6, 6.07) is 9.38. The predicted octanol–water partition coefficient (Wildman–Crippen LogP) is 5.65. The number of imidazole rings is 1. The molecule has 0 bridgehead atoms. The number of sulfonamides is 1. The van der Waals surface area contributed by atoms with E-state index < -0.39 is 10.0 Å². The van der Waals surface area contributed by atoms with Crippen molar-refractivity contribution in [1.29, 1.82) is 0 Å². The molecular weight excluding hydrogens is 434 g/mol. The molecule has 0 N–H and O–H groups in total. The minimum absolute atomic E-state index is 0.213. The van der Waals surface area contributed by atoms with Gasteiger partial charge in [0.15, 0.2) is 5.16 Å². The van der Waals surface area contributed by atoms with E-state index in [1.165, 1.54) is 9.18 Å². The number of benzene rings is 1. The van der Waals surface area contributed by atoms with E-state index in [9.17, 15) is 8.42 Å². The quantitative estimate of drug-likeness (QED) is 0.410. The summed E-state index contributed by atoms with van der Waals surface area (Å²) in [7, 11) is -3.50. The van der Waals surface area contributed by atoms with Crippen LogP contribution in [0.1, 0.15) is 38.6 Å². The highest BCUT2D eigenvalue weighted by Gasteiger charge is 2.23. The number of thiophene rings is 1. The zero-order valence-corrected chi connectivity index (χ0v) is 19.6. The van der Waals surface area contributed by atoms with E-state index in [1.54, 1.807) is 35.2 Å². The molecule has 0 aliphatic carbocycles. The second-order valence-electron chi connectivity index (χ2n) is 6.59. The Morgan fingerprint density at radius 3 is 2.50 bits per heavy atom. The van der Waals surface area contributed by atoms with E-state index in [-0.39, 0.29) is 6.04 Å². The third-order valence-corrected chi connectivity index (χ3v) is 8.92. The van der Waals surface area contributed by atoms with Gasteiger partial charge in [-0.15, -0.1) is 11.3 Å². The van der Waals surface area contributed by atoms with Crippen molar-refractivity contribution < 1.29 is 8.42 Å². The van der Waals surface area contributed by atoms with Gasteiger partial charge in [0.25, 0.3) is 0 Å². The maximum atomic E-state index is 12.9. The fourth-order valence-electron chi connectivity index (χ4n) is 3.10. The fourth-order valence-corrected chi connectivity index (χ4v) is 6.85. The first-order valence-corrected chi connectivity index (χ1v) is 12.8. The highest BCUT2D eigenvalue weighted by molar-refractivity contribution is 7.98. The topological polar surface area (TPSA) is 55.2 Å². The van der Waals surface area contributed by atoms with Gasteiger partial charge >= 0.3 is 0 Å². The molecule has 28 heavy (non-hydrogen) atoms. The third kappa shape index (κ3) is 4.26. The molecule has 0 aliphatic rings. The maximum absolute atomic E-state index is 12.9. The molecule has 9 heteroatoms. The van der Waals surface area contributed by atoms with Crippen LogP contribution in [0.4, 0.5) is 0 Å². The summed E-state index contributed by atoms with van der Waals surface area (Å²) in [6.07, 6.45) is 0. The summed E-state index contributed by atoms with van der Waals surface area (Å²) in [5.41, 5.74) is 1.65. The number of thioether (sulfide) groups is 1. The summed E-state index contributed by atoms with van der Waals surface area (Å²) in [6.45, 7) is 8.79. The van der Waals surface area contributed by atoms with Gasteiger partial charge in [-0.05, 0) is 44.2 Å². The zero-order valence-electron chi connectivity index (χ0n) is 16.3. The molecule has 0 fully saturated rings. The summed E-state index contributed by atoms with van der Waals surface area (Å²) in [5.74, 6) is 0.776. The van der Waals surface area contributed by atoms with Gasteiger partial charge in [-0.2, -0.15) is 4.31 Å². The second-order valence-corrected chi connectivity index (χ2v) is 11.3. The number of hydrogen-bond donors (Lipinski definition) is 0. The molecule has 0 saturated heterocycles. The average Bonchev–Trinajstić information content (AvgIpc) is 3.22. The molecule has 3 rings (SSSR count). The first kappa shape index (κ1) is 21.6. The fraction of sp³-hybridized carbons (Fsp3) is 0.421. The molecule has 0 unspecified atom stereocenters. The van der Waals surface area contributed by atoms with Crippen molar-refractivity contribution in [2.24, 2.45) is 0 Å². The van der Waals surface area contributed by atoms with Crippen LogP contribution < -0.4 is 0 Å². The van der Waals surface area contributed by atoms with Gasteiger partial charge in [0.1, 0.15) is 0 Å². The first-order chi connectivity index (χ1) is 13.3. The molecule has 0 atom stereocenters. The molecular formula is C19H24ClN3O2S3. The van der Waals surface area contributed by atoms with Crippen molar-refractivity contribution in [3.05, 3.63) is 39.5 Å². The lowest BCUT2D eigenvalue weighted by molar-refractivity contribution is 0.445. The third-order valence-electron chi connectivity index (χ3n) is 4.46. The van der Waals surface area contributed by atoms with E-state index >= 15 is 0 Å². The number of aromatic nitrogens is 2. The van der Waals surface area contributed by atoms with Crippen molar-refractivity contribution >= 4 is 55.8 Å². The SMILES string of the molecule is CCN(CC)S(=O)(=O)c1ccc2c(c1)nc(SCc1ccc(Cl)s1)n2C(C)C. The Bertz CT molecular complexity index is 1070. The van der Waals surface area contributed by atoms with Crippen LogP contribution in [-0.4, -0.2) is 35.4 Å². The number of fused-ring (bicyclic) bond motifs is 1. The van der Waals surface area contributed by atoms with Crippen LogP contribution in [0.25, 0.3) is 11.0 Å². The minimum Gasteiger partial charge on any atom is -0.316 e. The zero-order chi connectivity index (χ0) is 20.5. The van der Waals surface area contributed by atoms with Crippen LogP contribution >= 0.6 is 34.7 Å². The molecule has 2 heterocycles. The van der Waals surface area contributed by atoms with Crippen LogP contribution in [0.3, 0.4) is 0 Å². The number of halogens is 1. The lowest BCUT2D eigenvalue weighted by Gasteiger charge is -2.18. The Morgan fingerprint density at radius 2 is 1.93 bits per heavy atom. The second kappa shape index (κ2) is 8.75. The molecule has 152 valence electrons. The Hall–Kier alpha value is -1.06. The van der Waals surface area contributed by atoms with E-state index in [0.29, 0.717) is 23.5 Å². The number of nitrogens with zero attached hydrogens (tertiary/aromatic N) is 3. The summed E-state index contributed by atoms with van der Waals surface area (Å²) >= 11 is 9.23. The largest absolute Gasteiger partial charge is 0.316 e. The number of hydrogen-bond acceptors (Lipinski definition) is 5. The van der Waals surface area contributed by atoms with Gasteiger partial charge in [0, 0.05) is 29.8 Å². The van der Waals surface area contributed by atoms with Crippen molar-refractivity contribution in [2.75, 3.05) is 13.1 Å². The van der Waals surface area contributed by atoms with Crippen molar-refractivity contribution in [1.82, 2.24) is 13.9 Å². The molecule has 1 aromatic carbocycles. The van der Waals surface area contributed by atoms with E-state index in [1.807, 2.05) is 32.0 Å². The lowest BCUT2D eigenvalue weighted by Crippen LogP contribution is -2.30. The van der Waals surface area contributed by atoms with Crippen molar-refractivity contribution in [2.45, 2.75) is 49.5 Å². The van der Waals surface area contributed by atoms with Crippen molar-refractivity contribution in [3.63, 3.8) is 0 Å². The Balaban J connectivity index is 2.00. The standard InChI is InChI=1S/C19H24ClN3O2S3/c1-5-22(6-2)28(24,25)15-8-9-17-16(11-15)21-19(23(17)13(3)4)26-12-14-7-10-18(20)27-14/h7-11,13H,5-6,12H2,1-4H3. The molecule has 0 radical (unpaired) electrons. The Kier molecular flexibility index (Phi) is 6.76. The smallest absolute Gasteiger partial charge is 0.243 e. The van der Waals surface area contributed by atoms with Crippen LogP contribution in [0, 0.1) is 0 Å². The minimum atomic E-state index is -3.50. The van der Waals surface area contributed by atoms with Gasteiger partial charge < -0.3 is 4.57 Å². The van der Waals surface area contributed by atoms with Gasteiger partial charge in [-0.1, -0.05) is 37.2 Å². The molecule has 2 aromatic heterocycles. The summed E-state index contributed by atoms with van der Waals surface area (Å²) in [5, 5.41) is 0.881. The number of rotatable bonds is 8. The van der Waals surface area contributed by atoms with Crippen molar-refractivity contribution in [3.8, 4) is 0 Å². The van der Waals surface area contributed by atoms with Crippen LogP contribution in [-0.2, 0) is 15.8 Å². The van der Waals surface area contributed by atoms with Gasteiger partial charge in [0.2, 0.25) is 10.0 Å². The maximum Gasteiger partial charge on any atom is 0.243 e. The summed E-state index contributed by atoms with van der Waals surface area (Å²) < 4.78 is 30.1. The van der Waals surface area contributed by atoms with Crippen LogP contribution in [0.15, 0.2) is 40.4 Å². The molecule has 5 nitrogen and oxygen atoms in total. The predicted molar refractivity (Wildman–Crippen MR) is 119 cm³/mol. The molecule has 0 saturated carbocycles. The van der Waals surface area contributed by atoms with E-state index in [2.05, 4.69) is 18.4 Å². The summed E-state index contributed by atoms with van der Waals surface area (Å²) in [4.78, 5) is 6.23. The monoisotopic (exact) mass is 457 g/mol. The highest BCUT2D eigenvalue weighted by atomic mass is 35.5. The van der Waals surface area contributed by atoms with Gasteiger partial charge in [-0.3, -0.25) is 0 Å². The van der Waals surface area contributed by atoms with Gasteiger partial charge in [0.05, 0.1) is 20.3 Å². The highest BCUT2D eigenvalue weighted by Crippen LogP contribution is 2.33. The average molecular weight is 458 g/mol. The lowest BCUT2D eigenvalue weighted by atomic mass is 10.3. The Morgan fingerprint density at radius 1 is 1.21 bits per heavy atom. The molecule has 0 amide bonds.